The Labute approximate surface area is 121 Å². The summed E-state index contributed by atoms with van der Waals surface area (Å²) >= 11 is 0. The molecule has 0 saturated heterocycles. The van der Waals surface area contributed by atoms with Gasteiger partial charge in [0, 0.05) is 23.5 Å². The Balaban J connectivity index is 2.79. The first-order chi connectivity index (χ1) is 8.98. The molecule has 1 aromatic heterocycles. The lowest BCUT2D eigenvalue weighted by atomic mass is 10.1. The monoisotopic (exact) mass is 300 g/mol. The zero-order valence-corrected chi connectivity index (χ0v) is 13.8. The lowest BCUT2D eigenvalue weighted by Gasteiger charge is -2.25. The highest BCUT2D eigenvalue weighted by Gasteiger charge is 2.22. The molecule has 2 N–H and O–H groups in total. The van der Waals surface area contributed by atoms with Crippen LogP contribution in [0.3, 0.4) is 0 Å². The van der Waals surface area contributed by atoms with Crippen molar-refractivity contribution in [2.45, 2.75) is 46.1 Å². The predicted octanol–water partition coefficient (Wildman–Crippen LogP) is 1.65. The van der Waals surface area contributed by atoms with E-state index in [9.17, 15) is 8.42 Å². The molecule has 0 unspecified atom stereocenters. The smallest absolute Gasteiger partial charge is 0.223 e. The van der Waals surface area contributed by atoms with E-state index in [0.717, 1.165) is 17.6 Å². The third-order valence-electron chi connectivity index (χ3n) is 2.62. The average Bonchev–Trinajstić information content (AvgIpc) is 2.22. The van der Waals surface area contributed by atoms with Crippen LogP contribution in [0.2, 0.25) is 0 Å². The van der Waals surface area contributed by atoms with Crippen molar-refractivity contribution in [2.24, 2.45) is 0 Å². The van der Waals surface area contributed by atoms with Crippen LogP contribution >= 0.6 is 0 Å². The number of nitrogens with one attached hydrogen (secondary N) is 2. The van der Waals surface area contributed by atoms with E-state index in [1.165, 1.54) is 0 Å². The van der Waals surface area contributed by atoms with Crippen molar-refractivity contribution >= 4 is 16.0 Å². The molecule has 0 amide bonds. The molecule has 1 aromatic rings. The van der Waals surface area contributed by atoms with Gasteiger partial charge in [0.15, 0.2) is 0 Å². The minimum atomic E-state index is -3.25. The molecule has 0 radical (unpaired) electrons. The summed E-state index contributed by atoms with van der Waals surface area (Å²) in [6.45, 7) is 10.1. The maximum atomic E-state index is 11.3. The minimum Gasteiger partial charge on any atom is -0.352 e. The fraction of sp³-hybridized carbons (Fsp3) is 0.692. The van der Waals surface area contributed by atoms with Gasteiger partial charge in [-0.2, -0.15) is 0 Å². The van der Waals surface area contributed by atoms with Gasteiger partial charge in [0.1, 0.15) is 0 Å². The van der Waals surface area contributed by atoms with Crippen LogP contribution in [-0.4, -0.2) is 36.7 Å². The second-order valence-electron chi connectivity index (χ2n) is 6.02. The summed E-state index contributed by atoms with van der Waals surface area (Å²) in [6, 6.07) is 1.95. The first-order valence-electron chi connectivity index (χ1n) is 6.57. The summed E-state index contributed by atoms with van der Waals surface area (Å²) in [4.78, 5) is 8.75. The number of sulfonamides is 1. The van der Waals surface area contributed by atoms with Crippen molar-refractivity contribution < 1.29 is 8.42 Å². The largest absolute Gasteiger partial charge is 0.352 e. The molecule has 6 nitrogen and oxygen atoms in total. The Bertz CT molecular complexity index is 568. The van der Waals surface area contributed by atoms with E-state index in [0.29, 0.717) is 18.4 Å². The van der Waals surface area contributed by atoms with Crippen LogP contribution in [0.4, 0.5) is 5.95 Å². The van der Waals surface area contributed by atoms with Gasteiger partial charge in [-0.05, 0) is 32.8 Å². The van der Waals surface area contributed by atoms with E-state index in [2.05, 4.69) is 33.9 Å². The topological polar surface area (TPSA) is 84.0 Å². The van der Waals surface area contributed by atoms with Gasteiger partial charge in [0.2, 0.25) is 16.0 Å². The molecule has 0 saturated carbocycles. The molecule has 0 fully saturated rings. The van der Waals surface area contributed by atoms with Crippen LogP contribution in [0.25, 0.3) is 0 Å². The van der Waals surface area contributed by atoms with E-state index in [1.54, 1.807) is 13.8 Å². The summed E-state index contributed by atoms with van der Waals surface area (Å²) in [6.07, 6.45) is 1.15. The Morgan fingerprint density at radius 3 is 2.40 bits per heavy atom. The molecule has 0 spiro atoms. The predicted molar refractivity (Wildman–Crippen MR) is 81.4 cm³/mol. The summed E-state index contributed by atoms with van der Waals surface area (Å²) in [5.74, 6) is 0.844. The average molecular weight is 300 g/mol. The lowest BCUT2D eigenvalue weighted by molar-refractivity contribution is 0.475. The Kier molecular flexibility index (Phi) is 5.10. The molecule has 0 atom stereocenters. The normalized spacial score (nSPS) is 12.8. The summed E-state index contributed by atoms with van der Waals surface area (Å²) in [7, 11) is -3.25. The summed E-state index contributed by atoms with van der Waals surface area (Å²) < 4.78 is 25.1. The Hall–Kier alpha value is -1.21. The fourth-order valence-electron chi connectivity index (χ4n) is 1.81. The first-order valence-corrected chi connectivity index (χ1v) is 8.46. The molecule has 0 aliphatic heterocycles. The second-order valence-corrected chi connectivity index (χ2v) is 7.77. The number of aryl methyl sites for hydroxylation is 1. The Morgan fingerprint density at radius 2 is 1.90 bits per heavy atom. The standard InChI is InChI=1S/C13H24N4O2S/c1-9(2)11-7-10(3)15-12(16-11)14-8-13(4,5)17-20(6,18)19/h7,9,17H,8H2,1-6H3,(H,14,15,16). The van der Waals surface area contributed by atoms with Crippen molar-refractivity contribution in [2.75, 3.05) is 18.1 Å². The van der Waals surface area contributed by atoms with E-state index in [-0.39, 0.29) is 0 Å². The molecule has 1 rings (SSSR count). The molecular formula is C13H24N4O2S. The van der Waals surface area contributed by atoms with Gasteiger partial charge in [-0.25, -0.2) is 23.1 Å². The van der Waals surface area contributed by atoms with Crippen molar-refractivity contribution in [3.63, 3.8) is 0 Å². The third kappa shape index (κ3) is 5.83. The molecule has 0 aliphatic carbocycles. The van der Waals surface area contributed by atoms with Crippen LogP contribution in [0.1, 0.15) is 45.0 Å². The number of nitrogens with zero attached hydrogens (tertiary/aromatic N) is 2. The zero-order valence-electron chi connectivity index (χ0n) is 13.0. The molecular weight excluding hydrogens is 276 g/mol. The van der Waals surface area contributed by atoms with E-state index >= 15 is 0 Å². The third-order valence-corrected chi connectivity index (χ3v) is 3.54. The minimum absolute atomic E-state index is 0.319. The van der Waals surface area contributed by atoms with Gasteiger partial charge in [-0.1, -0.05) is 13.8 Å². The van der Waals surface area contributed by atoms with Gasteiger partial charge >= 0.3 is 0 Å². The van der Waals surface area contributed by atoms with Gasteiger partial charge < -0.3 is 5.32 Å². The molecule has 7 heteroatoms. The van der Waals surface area contributed by atoms with Crippen LogP contribution in [0.5, 0.6) is 0 Å². The highest BCUT2D eigenvalue weighted by Crippen LogP contribution is 2.15. The van der Waals surface area contributed by atoms with Gasteiger partial charge in [0.25, 0.3) is 0 Å². The lowest BCUT2D eigenvalue weighted by Crippen LogP contribution is -2.48. The number of hydrogen-bond acceptors (Lipinski definition) is 5. The Morgan fingerprint density at radius 1 is 1.30 bits per heavy atom. The summed E-state index contributed by atoms with van der Waals surface area (Å²) in [5.41, 5.74) is 1.24. The van der Waals surface area contributed by atoms with Crippen LogP contribution in [-0.2, 0) is 10.0 Å². The van der Waals surface area contributed by atoms with Crippen molar-refractivity contribution in [3.8, 4) is 0 Å². The van der Waals surface area contributed by atoms with Crippen molar-refractivity contribution in [3.05, 3.63) is 17.5 Å². The fourth-order valence-corrected chi connectivity index (χ4v) is 2.88. The highest BCUT2D eigenvalue weighted by molar-refractivity contribution is 7.88. The summed E-state index contributed by atoms with van der Waals surface area (Å²) in [5, 5.41) is 3.09. The van der Waals surface area contributed by atoms with Gasteiger partial charge in [0.05, 0.1) is 6.26 Å². The quantitative estimate of drug-likeness (QED) is 0.834. The second kappa shape index (κ2) is 6.05. The van der Waals surface area contributed by atoms with Crippen molar-refractivity contribution in [1.82, 2.24) is 14.7 Å². The molecule has 0 bridgehead atoms. The number of aromatic nitrogens is 2. The van der Waals surface area contributed by atoms with Crippen LogP contribution in [0.15, 0.2) is 6.07 Å². The molecule has 1 heterocycles. The number of anilines is 1. The van der Waals surface area contributed by atoms with Crippen LogP contribution in [0, 0.1) is 6.92 Å². The van der Waals surface area contributed by atoms with E-state index < -0.39 is 15.6 Å². The van der Waals surface area contributed by atoms with Crippen LogP contribution < -0.4 is 10.0 Å². The molecule has 0 aromatic carbocycles. The maximum absolute atomic E-state index is 11.3. The SMILES string of the molecule is Cc1cc(C(C)C)nc(NCC(C)(C)NS(C)(=O)=O)n1. The van der Waals surface area contributed by atoms with E-state index in [4.69, 9.17) is 0 Å². The molecule has 20 heavy (non-hydrogen) atoms. The highest BCUT2D eigenvalue weighted by atomic mass is 32.2. The molecule has 0 aliphatic rings. The van der Waals surface area contributed by atoms with Gasteiger partial charge in [-0.3, -0.25) is 0 Å². The maximum Gasteiger partial charge on any atom is 0.223 e. The van der Waals surface area contributed by atoms with Crippen molar-refractivity contribution in [1.29, 1.82) is 0 Å². The number of hydrogen-bond donors (Lipinski definition) is 2. The van der Waals surface area contributed by atoms with Gasteiger partial charge in [-0.15, -0.1) is 0 Å². The van der Waals surface area contributed by atoms with E-state index in [1.807, 2.05) is 13.0 Å². The molecule has 114 valence electrons. The zero-order chi connectivity index (χ0) is 15.6. The first kappa shape index (κ1) is 16.8. The number of rotatable bonds is 6.